The number of hydrogen-bond donors (Lipinski definition) is 1. The number of rotatable bonds is 6. The zero-order chi connectivity index (χ0) is 19.1. The number of nitrogens with one attached hydrogen (secondary N) is 1. The molecule has 28 heavy (non-hydrogen) atoms. The Kier molecular flexibility index (Phi) is 8.43. The molecule has 0 saturated heterocycles. The van der Waals surface area contributed by atoms with Gasteiger partial charge in [0.2, 0.25) is 0 Å². The first-order valence-corrected chi connectivity index (χ1v) is 9.15. The zero-order valence-corrected chi connectivity index (χ0v) is 18.9. The molecule has 2 aromatic heterocycles. The topological polar surface area (TPSA) is 58.3 Å². The highest BCUT2D eigenvalue weighted by molar-refractivity contribution is 14.0. The summed E-state index contributed by atoms with van der Waals surface area (Å²) in [5.41, 5.74) is 3.63. The van der Waals surface area contributed by atoms with Gasteiger partial charge in [0.25, 0.3) is 0 Å². The number of pyridine rings is 1. The Morgan fingerprint density at radius 1 is 1.14 bits per heavy atom. The van der Waals surface area contributed by atoms with E-state index in [1.165, 1.54) is 11.1 Å². The van der Waals surface area contributed by atoms with Gasteiger partial charge >= 0.3 is 0 Å². The SMILES string of the molecule is CCNC(=NCc1ccnc(-n2cccn2)c1)N(C)Cc1ccc(C)cc1.I. The average Bonchev–Trinajstić information content (AvgIpc) is 3.22. The first kappa shape index (κ1) is 21.9. The number of halogens is 1. The molecule has 7 heteroatoms. The van der Waals surface area contributed by atoms with Gasteiger partial charge in [-0.15, -0.1) is 24.0 Å². The molecule has 1 N–H and O–H groups in total. The summed E-state index contributed by atoms with van der Waals surface area (Å²) < 4.78 is 1.75. The molecule has 0 aliphatic heterocycles. The third-order valence-corrected chi connectivity index (χ3v) is 4.20. The molecular weight excluding hydrogens is 463 g/mol. The molecule has 0 amide bonds. The number of guanidine groups is 1. The summed E-state index contributed by atoms with van der Waals surface area (Å²) in [6.45, 7) is 6.40. The van der Waals surface area contributed by atoms with Gasteiger partial charge in [-0.3, -0.25) is 0 Å². The molecule has 148 valence electrons. The standard InChI is InChI=1S/C21H26N6.HI/c1-4-22-21(26(3)16-18-8-6-17(2)7-9-18)24-15-19-10-12-23-20(14-19)27-13-5-11-25-27;/h5-14H,4,15-16H2,1-3H3,(H,22,24);1H. The van der Waals surface area contributed by atoms with Crippen LogP contribution in [0.25, 0.3) is 5.82 Å². The second-order valence-corrected chi connectivity index (χ2v) is 6.48. The van der Waals surface area contributed by atoms with Crippen molar-refractivity contribution in [3.8, 4) is 5.82 Å². The summed E-state index contributed by atoms with van der Waals surface area (Å²) in [5.74, 6) is 1.68. The summed E-state index contributed by atoms with van der Waals surface area (Å²) in [6, 6.07) is 14.5. The maximum atomic E-state index is 4.79. The maximum Gasteiger partial charge on any atom is 0.194 e. The van der Waals surface area contributed by atoms with Crippen molar-refractivity contribution in [3.05, 3.63) is 77.7 Å². The molecule has 1 aromatic carbocycles. The minimum atomic E-state index is 0. The Morgan fingerprint density at radius 2 is 1.93 bits per heavy atom. The fourth-order valence-electron chi connectivity index (χ4n) is 2.77. The Morgan fingerprint density at radius 3 is 2.61 bits per heavy atom. The first-order chi connectivity index (χ1) is 13.2. The molecule has 0 saturated carbocycles. The normalized spacial score (nSPS) is 11.0. The summed E-state index contributed by atoms with van der Waals surface area (Å²) in [7, 11) is 2.06. The number of benzene rings is 1. The van der Waals surface area contributed by atoms with Gasteiger partial charge in [0.05, 0.1) is 6.54 Å². The van der Waals surface area contributed by atoms with Gasteiger partial charge in [0.15, 0.2) is 11.8 Å². The van der Waals surface area contributed by atoms with Gasteiger partial charge < -0.3 is 10.2 Å². The van der Waals surface area contributed by atoms with E-state index in [0.717, 1.165) is 30.4 Å². The predicted octanol–water partition coefficient (Wildman–Crippen LogP) is 3.79. The lowest BCUT2D eigenvalue weighted by molar-refractivity contribution is 0.477. The lowest BCUT2D eigenvalue weighted by Crippen LogP contribution is -2.38. The second-order valence-electron chi connectivity index (χ2n) is 6.48. The van der Waals surface area contributed by atoms with Gasteiger partial charge in [0.1, 0.15) is 0 Å². The number of aromatic nitrogens is 3. The third-order valence-electron chi connectivity index (χ3n) is 4.20. The summed E-state index contributed by atoms with van der Waals surface area (Å²) in [4.78, 5) is 11.3. The Bertz CT molecular complexity index is 874. The van der Waals surface area contributed by atoms with Crippen LogP contribution in [-0.2, 0) is 13.1 Å². The van der Waals surface area contributed by atoms with Crippen LogP contribution in [0, 0.1) is 6.92 Å². The largest absolute Gasteiger partial charge is 0.357 e. The van der Waals surface area contributed by atoms with Crippen molar-refractivity contribution in [3.63, 3.8) is 0 Å². The molecule has 0 spiro atoms. The minimum absolute atomic E-state index is 0. The number of nitrogens with zero attached hydrogens (tertiary/aromatic N) is 5. The van der Waals surface area contributed by atoms with Crippen LogP contribution in [0.1, 0.15) is 23.6 Å². The van der Waals surface area contributed by atoms with Crippen LogP contribution < -0.4 is 5.32 Å². The van der Waals surface area contributed by atoms with Crippen LogP contribution in [-0.4, -0.2) is 39.2 Å². The van der Waals surface area contributed by atoms with E-state index < -0.39 is 0 Å². The second kappa shape index (κ2) is 10.8. The number of hydrogen-bond acceptors (Lipinski definition) is 3. The summed E-state index contributed by atoms with van der Waals surface area (Å²) >= 11 is 0. The molecule has 0 atom stereocenters. The van der Waals surface area contributed by atoms with Gasteiger partial charge in [-0.25, -0.2) is 14.7 Å². The molecule has 0 aliphatic rings. The first-order valence-electron chi connectivity index (χ1n) is 9.15. The van der Waals surface area contributed by atoms with Crippen molar-refractivity contribution in [1.29, 1.82) is 0 Å². The predicted molar refractivity (Wildman–Crippen MR) is 124 cm³/mol. The molecule has 2 heterocycles. The molecule has 0 unspecified atom stereocenters. The molecule has 0 radical (unpaired) electrons. The van der Waals surface area contributed by atoms with Gasteiger partial charge in [0, 0.05) is 38.7 Å². The Labute approximate surface area is 183 Å². The van der Waals surface area contributed by atoms with E-state index in [0.29, 0.717) is 6.54 Å². The lowest BCUT2D eigenvalue weighted by atomic mass is 10.1. The third kappa shape index (κ3) is 6.05. The highest BCUT2D eigenvalue weighted by Crippen LogP contribution is 2.09. The Balaban J connectivity index is 0.00000280. The number of aliphatic imine (C=N–C) groups is 1. The summed E-state index contributed by atoms with van der Waals surface area (Å²) in [5, 5.41) is 7.60. The van der Waals surface area contributed by atoms with E-state index in [9.17, 15) is 0 Å². The highest BCUT2D eigenvalue weighted by Gasteiger charge is 2.07. The fraction of sp³-hybridized carbons (Fsp3) is 0.286. The molecule has 0 fully saturated rings. The molecule has 0 aliphatic carbocycles. The van der Waals surface area contributed by atoms with Crippen LogP contribution in [0.2, 0.25) is 0 Å². The van der Waals surface area contributed by atoms with E-state index in [-0.39, 0.29) is 24.0 Å². The number of aryl methyl sites for hydroxylation is 1. The van der Waals surface area contributed by atoms with E-state index in [1.54, 1.807) is 17.1 Å². The van der Waals surface area contributed by atoms with Crippen molar-refractivity contribution in [2.45, 2.75) is 26.9 Å². The molecular formula is C21H27IN6. The molecule has 3 aromatic rings. The molecule has 3 rings (SSSR count). The smallest absolute Gasteiger partial charge is 0.194 e. The monoisotopic (exact) mass is 490 g/mol. The van der Waals surface area contributed by atoms with Crippen molar-refractivity contribution in [2.24, 2.45) is 4.99 Å². The van der Waals surface area contributed by atoms with Crippen LogP contribution in [0.4, 0.5) is 0 Å². The van der Waals surface area contributed by atoms with Crippen LogP contribution in [0.3, 0.4) is 0 Å². The van der Waals surface area contributed by atoms with Crippen LogP contribution >= 0.6 is 24.0 Å². The minimum Gasteiger partial charge on any atom is -0.357 e. The lowest BCUT2D eigenvalue weighted by Gasteiger charge is -2.22. The van der Waals surface area contributed by atoms with Gasteiger partial charge in [-0.05, 0) is 43.2 Å². The molecule has 6 nitrogen and oxygen atoms in total. The van der Waals surface area contributed by atoms with Gasteiger partial charge in [-0.2, -0.15) is 5.10 Å². The Hall–Kier alpha value is -2.42. The van der Waals surface area contributed by atoms with Crippen LogP contribution in [0.15, 0.2) is 66.0 Å². The van der Waals surface area contributed by atoms with Crippen LogP contribution in [0.5, 0.6) is 0 Å². The fourth-order valence-corrected chi connectivity index (χ4v) is 2.77. The molecule has 0 bridgehead atoms. The van der Waals surface area contributed by atoms with Crippen molar-refractivity contribution in [1.82, 2.24) is 25.0 Å². The van der Waals surface area contributed by atoms with E-state index >= 15 is 0 Å². The zero-order valence-electron chi connectivity index (χ0n) is 16.5. The highest BCUT2D eigenvalue weighted by atomic mass is 127. The van der Waals surface area contributed by atoms with E-state index in [1.807, 2.05) is 24.4 Å². The van der Waals surface area contributed by atoms with Crippen molar-refractivity contribution >= 4 is 29.9 Å². The van der Waals surface area contributed by atoms with Crippen molar-refractivity contribution in [2.75, 3.05) is 13.6 Å². The van der Waals surface area contributed by atoms with Gasteiger partial charge in [-0.1, -0.05) is 29.8 Å². The van der Waals surface area contributed by atoms with E-state index in [2.05, 4.69) is 65.5 Å². The quantitative estimate of drug-likeness (QED) is 0.325. The van der Waals surface area contributed by atoms with Crippen molar-refractivity contribution < 1.29 is 0 Å². The summed E-state index contributed by atoms with van der Waals surface area (Å²) in [6.07, 6.45) is 5.43. The van der Waals surface area contributed by atoms with E-state index in [4.69, 9.17) is 4.99 Å². The average molecular weight is 490 g/mol. The maximum absolute atomic E-state index is 4.79.